The highest BCUT2D eigenvalue weighted by Crippen LogP contribution is 2.30. The number of esters is 1. The molecule has 2 aromatic rings. The molecule has 0 radical (unpaired) electrons. The lowest BCUT2D eigenvalue weighted by Crippen LogP contribution is -2.56. The number of nitrogens with one attached hydrogen (secondary N) is 2. The van der Waals surface area contributed by atoms with E-state index in [9.17, 15) is 24.3 Å². The molecule has 0 aromatic heterocycles. The molecule has 43 heavy (non-hydrogen) atoms. The summed E-state index contributed by atoms with van der Waals surface area (Å²) in [6, 6.07) is 9.52. The minimum atomic E-state index is -1.09. The second-order valence-corrected chi connectivity index (χ2v) is 11.7. The minimum Gasteiger partial charge on any atom is -0.508 e. The van der Waals surface area contributed by atoms with Crippen molar-refractivity contribution in [1.29, 1.82) is 0 Å². The van der Waals surface area contributed by atoms with Crippen LogP contribution in [0.4, 0.5) is 4.79 Å². The van der Waals surface area contributed by atoms with Crippen molar-refractivity contribution < 1.29 is 33.8 Å². The Labute approximate surface area is 255 Å². The van der Waals surface area contributed by atoms with E-state index in [2.05, 4.69) is 10.6 Å². The number of phenolic OH excluding ortho intramolecular Hbond substituents is 1. The highest BCUT2D eigenvalue weighted by Gasteiger charge is 2.39. The molecule has 10 heteroatoms. The first kappa shape index (κ1) is 35.1. The number of carbonyl (C=O) groups excluding carboxylic acids is 4. The predicted molar refractivity (Wildman–Crippen MR) is 164 cm³/mol. The van der Waals surface area contributed by atoms with Gasteiger partial charge in [0.1, 0.15) is 23.4 Å². The molecule has 2 rings (SSSR count). The van der Waals surface area contributed by atoms with Crippen molar-refractivity contribution in [3.63, 3.8) is 0 Å². The summed E-state index contributed by atoms with van der Waals surface area (Å²) in [5, 5.41) is 15.3. The van der Waals surface area contributed by atoms with Gasteiger partial charge in [0.2, 0.25) is 11.8 Å². The molecule has 0 aliphatic carbocycles. The van der Waals surface area contributed by atoms with Crippen molar-refractivity contribution in [2.24, 2.45) is 0 Å². The molecule has 0 bridgehead atoms. The van der Waals surface area contributed by atoms with Crippen LogP contribution in [-0.4, -0.2) is 64.7 Å². The Morgan fingerprint density at radius 2 is 1.65 bits per heavy atom. The summed E-state index contributed by atoms with van der Waals surface area (Å²) in [6.45, 7) is 14.7. The Morgan fingerprint density at radius 1 is 1.00 bits per heavy atom. The van der Waals surface area contributed by atoms with E-state index < -0.39 is 47.6 Å². The first-order valence-electron chi connectivity index (χ1n) is 14.8. The normalized spacial score (nSPS) is 13.3. The molecule has 3 unspecified atom stereocenters. The quantitative estimate of drug-likeness (QED) is 0.280. The Balaban J connectivity index is 2.59. The van der Waals surface area contributed by atoms with Crippen molar-refractivity contribution in [3.8, 4) is 5.75 Å². The van der Waals surface area contributed by atoms with E-state index in [-0.39, 0.29) is 31.7 Å². The second kappa shape index (κ2) is 16.0. The third-order valence-electron chi connectivity index (χ3n) is 6.87. The number of alkyl carbamates (subject to hydrolysis) is 1. The number of hydrogen-bond donors (Lipinski definition) is 3. The summed E-state index contributed by atoms with van der Waals surface area (Å²) in [7, 11) is 0. The van der Waals surface area contributed by atoms with E-state index in [4.69, 9.17) is 9.47 Å². The predicted octanol–water partition coefficient (Wildman–Crippen LogP) is 4.88. The maximum Gasteiger partial charge on any atom is 0.408 e. The molecule has 10 nitrogen and oxygen atoms in total. The van der Waals surface area contributed by atoms with Crippen LogP contribution in [0.5, 0.6) is 5.75 Å². The standard InChI is InChI=1S/C33H47N3O7/c1-9-23(5)36(29(26-19-21(3)11-12-22(26)4)30(39)34-18-17-28(38)42-10-2)31(40)27(35-32(41)43-33(6,7)8)20-24-13-15-25(37)16-14-24/h11-16,19,23,27,29,37H,9-10,17-18,20H2,1-8H3,(H,34,39)(H,35,41). The molecule has 236 valence electrons. The van der Waals surface area contributed by atoms with Gasteiger partial charge in [0, 0.05) is 19.0 Å². The van der Waals surface area contributed by atoms with Crippen molar-refractivity contribution in [2.75, 3.05) is 13.2 Å². The third kappa shape index (κ3) is 10.9. The zero-order chi connectivity index (χ0) is 32.3. The molecule has 3 atom stereocenters. The van der Waals surface area contributed by atoms with Crippen LogP contribution in [0.25, 0.3) is 0 Å². The fourth-order valence-electron chi connectivity index (χ4n) is 4.58. The molecular formula is C33H47N3O7. The van der Waals surface area contributed by atoms with E-state index in [0.29, 0.717) is 17.5 Å². The molecule has 0 fully saturated rings. The van der Waals surface area contributed by atoms with Gasteiger partial charge in [0.25, 0.3) is 0 Å². The minimum absolute atomic E-state index is 0.0138. The highest BCUT2D eigenvalue weighted by atomic mass is 16.6. The lowest BCUT2D eigenvalue weighted by Gasteiger charge is -2.39. The lowest BCUT2D eigenvalue weighted by atomic mass is 9.94. The van der Waals surface area contributed by atoms with Gasteiger partial charge >= 0.3 is 12.1 Å². The number of nitrogens with zero attached hydrogens (tertiary/aromatic N) is 1. The topological polar surface area (TPSA) is 134 Å². The van der Waals surface area contributed by atoms with Gasteiger partial charge in [-0.25, -0.2) is 4.79 Å². The van der Waals surface area contributed by atoms with Crippen LogP contribution >= 0.6 is 0 Å². The Morgan fingerprint density at radius 3 is 2.23 bits per heavy atom. The number of benzene rings is 2. The Bertz CT molecular complexity index is 1250. The van der Waals surface area contributed by atoms with Crippen LogP contribution in [0.3, 0.4) is 0 Å². The smallest absolute Gasteiger partial charge is 0.408 e. The Hall–Kier alpha value is -4.08. The maximum absolute atomic E-state index is 14.6. The lowest BCUT2D eigenvalue weighted by molar-refractivity contribution is -0.146. The van der Waals surface area contributed by atoms with E-state index in [1.165, 1.54) is 17.0 Å². The van der Waals surface area contributed by atoms with Crippen LogP contribution in [0.1, 0.15) is 82.7 Å². The number of aryl methyl sites for hydroxylation is 2. The monoisotopic (exact) mass is 597 g/mol. The second-order valence-electron chi connectivity index (χ2n) is 11.7. The fraction of sp³-hybridized carbons (Fsp3) is 0.515. The van der Waals surface area contributed by atoms with Crippen molar-refractivity contribution in [1.82, 2.24) is 15.5 Å². The molecule has 0 saturated heterocycles. The summed E-state index contributed by atoms with van der Waals surface area (Å²) in [4.78, 5) is 54.9. The first-order chi connectivity index (χ1) is 20.2. The zero-order valence-electron chi connectivity index (χ0n) is 26.7. The van der Waals surface area contributed by atoms with Gasteiger partial charge in [-0.3, -0.25) is 14.4 Å². The van der Waals surface area contributed by atoms with Gasteiger partial charge in [0.05, 0.1) is 13.0 Å². The third-order valence-corrected chi connectivity index (χ3v) is 6.87. The summed E-state index contributed by atoms with van der Waals surface area (Å²) in [5.74, 6) is -1.29. The van der Waals surface area contributed by atoms with Gasteiger partial charge < -0.3 is 30.1 Å². The highest BCUT2D eigenvalue weighted by molar-refractivity contribution is 5.93. The molecule has 3 amide bonds. The number of carbonyl (C=O) groups is 4. The van der Waals surface area contributed by atoms with Gasteiger partial charge in [-0.1, -0.05) is 42.8 Å². The van der Waals surface area contributed by atoms with Crippen molar-refractivity contribution in [3.05, 3.63) is 64.7 Å². The van der Waals surface area contributed by atoms with Crippen LogP contribution in [0.2, 0.25) is 0 Å². The van der Waals surface area contributed by atoms with Gasteiger partial charge in [-0.15, -0.1) is 0 Å². The largest absolute Gasteiger partial charge is 0.508 e. The molecule has 3 N–H and O–H groups in total. The van der Waals surface area contributed by atoms with Crippen LogP contribution in [0.15, 0.2) is 42.5 Å². The molecule has 0 aliphatic heterocycles. The first-order valence-corrected chi connectivity index (χ1v) is 14.8. The molecule has 0 aliphatic rings. The van der Waals surface area contributed by atoms with E-state index in [0.717, 1.165) is 11.1 Å². The summed E-state index contributed by atoms with van der Waals surface area (Å²) < 4.78 is 10.5. The van der Waals surface area contributed by atoms with Crippen molar-refractivity contribution in [2.45, 2.75) is 98.4 Å². The molecule has 0 saturated carbocycles. The van der Waals surface area contributed by atoms with Crippen LogP contribution in [0, 0.1) is 13.8 Å². The number of rotatable bonds is 13. The van der Waals surface area contributed by atoms with Crippen molar-refractivity contribution >= 4 is 23.9 Å². The van der Waals surface area contributed by atoms with Gasteiger partial charge in [-0.2, -0.15) is 0 Å². The van der Waals surface area contributed by atoms with Crippen LogP contribution in [-0.2, 0) is 30.3 Å². The Kier molecular flexibility index (Phi) is 13.0. The summed E-state index contributed by atoms with van der Waals surface area (Å²) in [5.41, 5.74) is 2.26. The SMILES string of the molecule is CCOC(=O)CCNC(=O)C(c1cc(C)ccc1C)N(C(=O)C(Cc1ccc(O)cc1)NC(=O)OC(C)(C)C)C(C)CC. The summed E-state index contributed by atoms with van der Waals surface area (Å²) in [6.07, 6.45) is -0.160. The van der Waals surface area contributed by atoms with Crippen LogP contribution < -0.4 is 10.6 Å². The average molecular weight is 598 g/mol. The van der Waals surface area contributed by atoms with E-state index in [1.54, 1.807) is 39.8 Å². The molecule has 0 spiro atoms. The van der Waals surface area contributed by atoms with Gasteiger partial charge in [-0.05, 0) is 83.7 Å². The number of aromatic hydroxyl groups is 1. The molecular weight excluding hydrogens is 550 g/mol. The molecule has 0 heterocycles. The number of amides is 3. The average Bonchev–Trinajstić information content (AvgIpc) is 2.92. The molecule has 2 aromatic carbocycles. The fourth-order valence-corrected chi connectivity index (χ4v) is 4.58. The number of hydrogen-bond acceptors (Lipinski definition) is 7. The van der Waals surface area contributed by atoms with Gasteiger partial charge in [0.15, 0.2) is 0 Å². The summed E-state index contributed by atoms with van der Waals surface area (Å²) >= 11 is 0. The van der Waals surface area contributed by atoms with E-state index in [1.807, 2.05) is 45.9 Å². The number of ether oxygens (including phenoxy) is 2. The maximum atomic E-state index is 14.6. The zero-order valence-corrected chi connectivity index (χ0v) is 26.7. The number of phenols is 1. The van der Waals surface area contributed by atoms with E-state index >= 15 is 0 Å².